The van der Waals surface area contributed by atoms with Gasteiger partial charge in [0.25, 0.3) is 5.91 Å². The number of fused-ring (bicyclic) bond motifs is 1. The molecule has 168 valence electrons. The molecule has 1 atom stereocenters. The van der Waals surface area contributed by atoms with Crippen LogP contribution in [0.15, 0.2) is 43.1 Å². The van der Waals surface area contributed by atoms with Gasteiger partial charge in [-0.1, -0.05) is 19.1 Å². The zero-order valence-corrected chi connectivity index (χ0v) is 19.5. The Morgan fingerprint density at radius 3 is 2.67 bits per heavy atom. The zero-order valence-electron chi connectivity index (χ0n) is 18.6. The Bertz CT molecular complexity index is 1430. The zero-order chi connectivity index (χ0) is 23.1. The minimum atomic E-state index is -0.311. The summed E-state index contributed by atoms with van der Waals surface area (Å²) in [6, 6.07) is 5.62. The first-order valence-corrected chi connectivity index (χ1v) is 11.4. The van der Waals surface area contributed by atoms with Gasteiger partial charge in [-0.05, 0) is 38.0 Å². The smallest absolute Gasteiger partial charge is 0.253 e. The third-order valence-corrected chi connectivity index (χ3v) is 6.49. The molecule has 2 N–H and O–H groups in total. The molecule has 0 aliphatic heterocycles. The molecule has 0 unspecified atom stereocenters. The van der Waals surface area contributed by atoms with Crippen LogP contribution < -0.4 is 5.32 Å². The third-order valence-electron chi connectivity index (χ3n) is 5.47. The molecule has 0 saturated heterocycles. The van der Waals surface area contributed by atoms with Crippen molar-refractivity contribution in [2.24, 2.45) is 5.92 Å². The van der Waals surface area contributed by atoms with Crippen LogP contribution in [0.25, 0.3) is 21.9 Å². The second-order valence-corrected chi connectivity index (χ2v) is 9.50. The van der Waals surface area contributed by atoms with Crippen LogP contribution in [0.4, 0.5) is 0 Å². The third kappa shape index (κ3) is 3.80. The topological polar surface area (TPSA) is 119 Å². The van der Waals surface area contributed by atoms with Gasteiger partial charge >= 0.3 is 0 Å². The van der Waals surface area contributed by atoms with Crippen LogP contribution in [0.5, 0.6) is 0 Å². The van der Waals surface area contributed by atoms with Crippen molar-refractivity contribution in [2.75, 3.05) is 0 Å². The van der Waals surface area contributed by atoms with Gasteiger partial charge in [0, 0.05) is 11.1 Å². The standard InChI is InChI=1S/C22H23N9OS/c1-12(2)19(20-24-11-26-28-20)27-22(32)15-7-16(31-13(3)8-25-29-31)21-23-9-17(30(21)10-15)18-6-5-14(4)33-18/h5-12,19H,1-4H3,(H,27,32)(H,24,26,28)/t19-/m0/s1. The molecule has 0 fully saturated rings. The van der Waals surface area contributed by atoms with E-state index in [1.807, 2.05) is 37.6 Å². The lowest BCUT2D eigenvalue weighted by Gasteiger charge is -2.20. The van der Waals surface area contributed by atoms with Crippen LogP contribution >= 0.6 is 11.3 Å². The number of amides is 1. The van der Waals surface area contributed by atoms with Crippen molar-refractivity contribution in [2.45, 2.75) is 33.7 Å². The Morgan fingerprint density at radius 2 is 2.03 bits per heavy atom. The fraction of sp³-hybridized carbons (Fsp3) is 0.273. The maximum atomic E-state index is 13.4. The number of aromatic nitrogens is 8. The minimum absolute atomic E-state index is 0.112. The highest BCUT2D eigenvalue weighted by molar-refractivity contribution is 7.15. The predicted octanol–water partition coefficient (Wildman–Crippen LogP) is 3.51. The van der Waals surface area contributed by atoms with E-state index in [-0.39, 0.29) is 17.9 Å². The average molecular weight is 462 g/mol. The summed E-state index contributed by atoms with van der Waals surface area (Å²) in [5, 5.41) is 18.1. The lowest BCUT2D eigenvalue weighted by atomic mass is 10.0. The van der Waals surface area contributed by atoms with Crippen molar-refractivity contribution in [3.05, 3.63) is 65.1 Å². The molecular weight excluding hydrogens is 438 g/mol. The van der Waals surface area contributed by atoms with E-state index in [1.165, 1.54) is 11.2 Å². The van der Waals surface area contributed by atoms with Gasteiger partial charge in [0.15, 0.2) is 5.65 Å². The lowest BCUT2D eigenvalue weighted by Crippen LogP contribution is -2.32. The number of rotatable bonds is 6. The number of thiophene rings is 1. The van der Waals surface area contributed by atoms with E-state index in [2.05, 4.69) is 54.9 Å². The maximum absolute atomic E-state index is 13.4. The molecule has 0 spiro atoms. The van der Waals surface area contributed by atoms with Gasteiger partial charge in [0.05, 0.1) is 40.3 Å². The van der Waals surface area contributed by atoms with Gasteiger partial charge in [-0.25, -0.2) is 14.6 Å². The highest BCUT2D eigenvalue weighted by Gasteiger charge is 2.24. The number of pyridine rings is 1. The normalized spacial score (nSPS) is 12.5. The van der Waals surface area contributed by atoms with Gasteiger partial charge in [-0.15, -0.1) is 16.4 Å². The number of carbonyl (C=O) groups excluding carboxylic acids is 1. The number of carbonyl (C=O) groups is 1. The van der Waals surface area contributed by atoms with Gasteiger partial charge < -0.3 is 5.32 Å². The van der Waals surface area contributed by atoms with E-state index < -0.39 is 0 Å². The van der Waals surface area contributed by atoms with E-state index >= 15 is 0 Å². The minimum Gasteiger partial charge on any atom is -0.342 e. The van der Waals surface area contributed by atoms with E-state index in [9.17, 15) is 4.79 Å². The van der Waals surface area contributed by atoms with Crippen molar-refractivity contribution in [3.8, 4) is 16.3 Å². The molecular formula is C22H23N9OS. The summed E-state index contributed by atoms with van der Waals surface area (Å²) in [7, 11) is 0. The van der Waals surface area contributed by atoms with Crippen LogP contribution in [0.1, 0.15) is 46.6 Å². The van der Waals surface area contributed by atoms with Gasteiger partial charge in [-0.2, -0.15) is 5.10 Å². The molecule has 5 aromatic heterocycles. The Kier molecular flexibility index (Phi) is 5.25. The van der Waals surface area contributed by atoms with Gasteiger partial charge in [-0.3, -0.25) is 14.3 Å². The lowest BCUT2D eigenvalue weighted by molar-refractivity contribution is 0.0922. The average Bonchev–Trinajstić information content (AvgIpc) is 3.58. The molecule has 0 aliphatic rings. The van der Waals surface area contributed by atoms with Gasteiger partial charge in [0.2, 0.25) is 0 Å². The van der Waals surface area contributed by atoms with Crippen molar-refractivity contribution in [1.82, 2.24) is 44.9 Å². The SMILES string of the molecule is Cc1ccc(-c2cnc3c(-n4nncc4C)cc(C(=O)N[C@H](c4ncn[nH]4)C(C)C)cn23)s1. The first-order chi connectivity index (χ1) is 15.9. The largest absolute Gasteiger partial charge is 0.342 e. The monoisotopic (exact) mass is 461 g/mol. The second-order valence-electron chi connectivity index (χ2n) is 8.21. The number of H-pyrrole nitrogens is 1. The quantitative estimate of drug-likeness (QED) is 0.399. The van der Waals surface area contributed by atoms with E-state index in [0.29, 0.717) is 22.7 Å². The summed E-state index contributed by atoms with van der Waals surface area (Å²) in [5.41, 5.74) is 3.60. The first-order valence-electron chi connectivity index (χ1n) is 10.5. The number of hydrogen-bond acceptors (Lipinski definition) is 7. The number of aromatic amines is 1. The number of nitrogens with zero attached hydrogens (tertiary/aromatic N) is 7. The Morgan fingerprint density at radius 1 is 1.18 bits per heavy atom. The van der Waals surface area contributed by atoms with E-state index in [1.54, 1.807) is 28.3 Å². The Balaban J connectivity index is 1.64. The summed E-state index contributed by atoms with van der Waals surface area (Å²) >= 11 is 1.68. The van der Waals surface area contributed by atoms with Crippen LogP contribution in [-0.2, 0) is 0 Å². The molecule has 5 rings (SSSR count). The molecule has 1 amide bonds. The molecule has 33 heavy (non-hydrogen) atoms. The number of aryl methyl sites for hydroxylation is 2. The highest BCUT2D eigenvalue weighted by Crippen LogP contribution is 2.30. The fourth-order valence-electron chi connectivity index (χ4n) is 3.77. The molecule has 0 bridgehead atoms. The highest BCUT2D eigenvalue weighted by atomic mass is 32.1. The second kappa shape index (κ2) is 8.24. The van der Waals surface area contributed by atoms with Crippen molar-refractivity contribution in [3.63, 3.8) is 0 Å². The molecule has 5 heterocycles. The number of imidazole rings is 1. The summed E-state index contributed by atoms with van der Waals surface area (Å²) in [4.78, 5) is 24.6. The van der Waals surface area contributed by atoms with E-state index in [4.69, 9.17) is 0 Å². The van der Waals surface area contributed by atoms with Crippen molar-refractivity contribution < 1.29 is 4.79 Å². The van der Waals surface area contributed by atoms with Gasteiger partial charge in [0.1, 0.15) is 17.8 Å². The number of hydrogen-bond donors (Lipinski definition) is 2. The van der Waals surface area contributed by atoms with Crippen LogP contribution in [0, 0.1) is 19.8 Å². The molecule has 5 aromatic rings. The molecule has 10 nitrogen and oxygen atoms in total. The molecule has 0 saturated carbocycles. The summed E-state index contributed by atoms with van der Waals surface area (Å²) < 4.78 is 3.63. The summed E-state index contributed by atoms with van der Waals surface area (Å²) in [5.74, 6) is 0.498. The Labute approximate surface area is 193 Å². The maximum Gasteiger partial charge on any atom is 0.253 e. The molecule has 11 heteroatoms. The Hall–Kier alpha value is -3.86. The molecule has 0 radical (unpaired) electrons. The summed E-state index contributed by atoms with van der Waals surface area (Å²) in [6.07, 6.45) is 6.75. The van der Waals surface area contributed by atoms with Crippen LogP contribution in [0.2, 0.25) is 0 Å². The molecule has 0 aromatic carbocycles. The number of nitrogens with one attached hydrogen (secondary N) is 2. The predicted molar refractivity (Wildman–Crippen MR) is 124 cm³/mol. The fourth-order valence-corrected chi connectivity index (χ4v) is 4.64. The van der Waals surface area contributed by atoms with Crippen molar-refractivity contribution >= 4 is 22.9 Å². The van der Waals surface area contributed by atoms with E-state index in [0.717, 1.165) is 16.3 Å². The summed E-state index contributed by atoms with van der Waals surface area (Å²) in [6.45, 7) is 8.02. The van der Waals surface area contributed by atoms with Crippen molar-refractivity contribution in [1.29, 1.82) is 0 Å². The molecule has 0 aliphatic carbocycles. The van der Waals surface area contributed by atoms with Crippen LogP contribution in [0.3, 0.4) is 0 Å². The first kappa shape index (κ1) is 21.0. The van der Waals surface area contributed by atoms with Crippen LogP contribution in [-0.4, -0.2) is 45.5 Å².